The number of aldehydes is 1. The van der Waals surface area contributed by atoms with Gasteiger partial charge in [0.2, 0.25) is 0 Å². The van der Waals surface area contributed by atoms with Gasteiger partial charge in [0.25, 0.3) is 0 Å². The van der Waals surface area contributed by atoms with Crippen molar-refractivity contribution >= 4 is 6.29 Å². The lowest BCUT2D eigenvalue weighted by Gasteiger charge is -2.47. The van der Waals surface area contributed by atoms with Crippen LogP contribution in [0.2, 0.25) is 0 Å². The maximum Gasteiger partial charge on any atom is 0.120 e. The zero-order chi connectivity index (χ0) is 9.10. The van der Waals surface area contributed by atoms with E-state index in [9.17, 15) is 4.79 Å². The van der Waals surface area contributed by atoms with E-state index in [1.165, 1.54) is 32.5 Å². The average molecular weight is 182 g/mol. The van der Waals surface area contributed by atoms with Crippen molar-refractivity contribution in [2.45, 2.75) is 25.7 Å². The molecule has 74 valence electrons. The topological polar surface area (TPSA) is 23.6 Å². The third-order valence-corrected chi connectivity index (χ3v) is 3.20. The molecule has 0 aliphatic carbocycles. The molecule has 0 unspecified atom stereocenters. The smallest absolute Gasteiger partial charge is 0.120 e. The first-order valence-corrected chi connectivity index (χ1v) is 5.33. The molecule has 3 rings (SSSR count). The Bertz CT molecular complexity index is 176. The van der Waals surface area contributed by atoms with Crippen molar-refractivity contribution in [3.8, 4) is 0 Å². The van der Waals surface area contributed by atoms with Gasteiger partial charge in [0, 0.05) is 32.6 Å². The Hall–Kier alpha value is -0.410. The van der Waals surface area contributed by atoms with Gasteiger partial charge in [0.1, 0.15) is 6.29 Å². The minimum absolute atomic E-state index is 0.717. The average Bonchev–Trinajstić information content (AvgIpc) is 2.20. The summed E-state index contributed by atoms with van der Waals surface area (Å²) in [5, 5.41) is 4.91. The lowest BCUT2D eigenvalue weighted by Crippen LogP contribution is -2.55. The molecule has 3 aliphatic rings. The van der Waals surface area contributed by atoms with Crippen LogP contribution in [0.4, 0.5) is 0 Å². The summed E-state index contributed by atoms with van der Waals surface area (Å²) in [5.74, 6) is 0.932. The van der Waals surface area contributed by atoms with Gasteiger partial charge in [0.05, 0.1) is 0 Å². The summed E-state index contributed by atoms with van der Waals surface area (Å²) in [6.07, 6.45) is 5.52. The van der Waals surface area contributed by atoms with Gasteiger partial charge in [-0.05, 0) is 25.2 Å². The molecule has 3 heteroatoms. The number of hydrazine groups is 1. The van der Waals surface area contributed by atoms with E-state index in [1.807, 2.05) is 0 Å². The van der Waals surface area contributed by atoms with Crippen molar-refractivity contribution < 1.29 is 4.79 Å². The minimum atomic E-state index is 0.717. The van der Waals surface area contributed by atoms with Crippen LogP contribution >= 0.6 is 0 Å². The van der Waals surface area contributed by atoms with Crippen LogP contribution in [0, 0.1) is 5.92 Å². The minimum Gasteiger partial charge on any atom is -0.303 e. The molecule has 0 aromatic rings. The van der Waals surface area contributed by atoms with Gasteiger partial charge < -0.3 is 4.79 Å². The highest BCUT2D eigenvalue weighted by molar-refractivity contribution is 5.48. The largest absolute Gasteiger partial charge is 0.303 e. The van der Waals surface area contributed by atoms with Gasteiger partial charge in [-0.15, -0.1) is 0 Å². The van der Waals surface area contributed by atoms with Crippen LogP contribution in [-0.2, 0) is 4.79 Å². The van der Waals surface area contributed by atoms with E-state index in [4.69, 9.17) is 0 Å². The molecule has 0 amide bonds. The van der Waals surface area contributed by atoms with E-state index >= 15 is 0 Å². The molecule has 0 aromatic carbocycles. The predicted molar refractivity (Wildman–Crippen MR) is 51.2 cm³/mol. The molecule has 3 aliphatic heterocycles. The lowest BCUT2D eigenvalue weighted by atomic mass is 9.94. The number of carbonyl (C=O) groups is 1. The lowest BCUT2D eigenvalue weighted by molar-refractivity contribution is -0.114. The summed E-state index contributed by atoms with van der Waals surface area (Å²) in [7, 11) is 0. The molecular formula is C10H18N2O. The number of nitrogens with zero attached hydrogens (tertiary/aromatic N) is 2. The van der Waals surface area contributed by atoms with Crippen LogP contribution in [0.1, 0.15) is 25.7 Å². The molecule has 3 heterocycles. The zero-order valence-corrected chi connectivity index (χ0v) is 8.11. The van der Waals surface area contributed by atoms with Crippen LogP contribution in [0.3, 0.4) is 0 Å². The quantitative estimate of drug-likeness (QED) is 0.477. The number of piperidine rings is 1. The van der Waals surface area contributed by atoms with E-state index in [0.29, 0.717) is 0 Å². The number of hydrogen-bond acceptors (Lipinski definition) is 3. The summed E-state index contributed by atoms with van der Waals surface area (Å²) in [4.78, 5) is 10.2. The molecule has 0 N–H and O–H groups in total. The molecule has 3 saturated heterocycles. The molecular weight excluding hydrogens is 164 g/mol. The molecule has 0 radical (unpaired) electrons. The maximum absolute atomic E-state index is 10.2. The molecule has 13 heavy (non-hydrogen) atoms. The van der Waals surface area contributed by atoms with Gasteiger partial charge in [0.15, 0.2) is 0 Å². The Morgan fingerprint density at radius 3 is 2.62 bits per heavy atom. The van der Waals surface area contributed by atoms with Gasteiger partial charge in [-0.2, -0.15) is 0 Å². The summed E-state index contributed by atoms with van der Waals surface area (Å²) in [5.41, 5.74) is 0. The third kappa shape index (κ3) is 2.09. The van der Waals surface area contributed by atoms with Gasteiger partial charge in [-0.1, -0.05) is 0 Å². The van der Waals surface area contributed by atoms with E-state index in [2.05, 4.69) is 10.0 Å². The Morgan fingerprint density at radius 1 is 1.31 bits per heavy atom. The predicted octanol–water partition coefficient (Wildman–Crippen LogP) is 0.908. The SMILES string of the molecule is O=CCCCN1CC2CCN1CC2. The van der Waals surface area contributed by atoms with Crippen LogP contribution in [0.25, 0.3) is 0 Å². The van der Waals surface area contributed by atoms with E-state index in [-0.39, 0.29) is 0 Å². The number of unbranched alkanes of at least 4 members (excludes halogenated alkanes) is 1. The second-order valence-corrected chi connectivity index (χ2v) is 4.12. The fraction of sp³-hybridized carbons (Fsp3) is 0.900. The van der Waals surface area contributed by atoms with Crippen molar-refractivity contribution in [2.24, 2.45) is 5.92 Å². The van der Waals surface area contributed by atoms with Crippen molar-refractivity contribution in [3.63, 3.8) is 0 Å². The summed E-state index contributed by atoms with van der Waals surface area (Å²) >= 11 is 0. The highest BCUT2D eigenvalue weighted by Gasteiger charge is 2.30. The molecule has 0 saturated carbocycles. The normalized spacial score (nSPS) is 33.5. The number of hydrogen-bond donors (Lipinski definition) is 0. The van der Waals surface area contributed by atoms with Crippen LogP contribution in [-0.4, -0.2) is 42.5 Å². The highest BCUT2D eigenvalue weighted by atomic mass is 16.1. The highest BCUT2D eigenvalue weighted by Crippen LogP contribution is 2.26. The molecule has 0 aromatic heterocycles. The number of carbonyl (C=O) groups excluding carboxylic acids is 1. The van der Waals surface area contributed by atoms with Crippen molar-refractivity contribution in [1.82, 2.24) is 10.0 Å². The van der Waals surface area contributed by atoms with Gasteiger partial charge in [-0.25, -0.2) is 10.0 Å². The van der Waals surface area contributed by atoms with Crippen LogP contribution in [0.5, 0.6) is 0 Å². The third-order valence-electron chi connectivity index (χ3n) is 3.20. The van der Waals surface area contributed by atoms with E-state index < -0.39 is 0 Å². The molecule has 0 atom stereocenters. The Morgan fingerprint density at radius 2 is 2.08 bits per heavy atom. The van der Waals surface area contributed by atoms with Crippen LogP contribution < -0.4 is 0 Å². The fourth-order valence-corrected chi connectivity index (χ4v) is 2.39. The van der Waals surface area contributed by atoms with Crippen molar-refractivity contribution in [2.75, 3.05) is 26.2 Å². The monoisotopic (exact) mass is 182 g/mol. The Kier molecular flexibility index (Phi) is 2.96. The summed E-state index contributed by atoms with van der Waals surface area (Å²) in [6.45, 7) is 4.80. The maximum atomic E-state index is 10.2. The molecule has 2 bridgehead atoms. The van der Waals surface area contributed by atoms with Crippen LogP contribution in [0.15, 0.2) is 0 Å². The van der Waals surface area contributed by atoms with Gasteiger partial charge in [-0.3, -0.25) is 0 Å². The molecule has 0 spiro atoms. The summed E-state index contributed by atoms with van der Waals surface area (Å²) in [6, 6.07) is 0. The first-order chi connectivity index (χ1) is 6.40. The zero-order valence-electron chi connectivity index (χ0n) is 8.11. The van der Waals surface area contributed by atoms with E-state index in [1.54, 1.807) is 0 Å². The van der Waals surface area contributed by atoms with Crippen molar-refractivity contribution in [1.29, 1.82) is 0 Å². The van der Waals surface area contributed by atoms with Crippen molar-refractivity contribution in [3.05, 3.63) is 0 Å². The fourth-order valence-electron chi connectivity index (χ4n) is 2.39. The Balaban J connectivity index is 1.76. The first-order valence-electron chi connectivity index (χ1n) is 5.33. The van der Waals surface area contributed by atoms with Gasteiger partial charge >= 0.3 is 0 Å². The van der Waals surface area contributed by atoms with E-state index in [0.717, 1.165) is 31.6 Å². The first kappa shape index (κ1) is 9.16. The second-order valence-electron chi connectivity index (χ2n) is 4.12. The summed E-state index contributed by atoms with van der Waals surface area (Å²) < 4.78 is 0. The Labute approximate surface area is 79.7 Å². The molecule has 3 fully saturated rings. The standard InChI is InChI=1S/C10H18N2O/c13-8-2-1-5-12-9-10-3-6-11(12)7-4-10/h8,10H,1-7,9H2. The second kappa shape index (κ2) is 4.20. The number of rotatable bonds is 4. The molecule has 3 nitrogen and oxygen atoms in total. The number of fused-ring (bicyclic) bond motifs is 3.